The molecule has 4 nitrogen and oxygen atoms in total. The van der Waals surface area contributed by atoms with Gasteiger partial charge in [0, 0.05) is 6.20 Å². The zero-order valence-electron chi connectivity index (χ0n) is 12.3. The largest absolute Gasteiger partial charge is 0.494 e. The number of carbonyl (C=O) groups is 1. The van der Waals surface area contributed by atoms with E-state index in [1.807, 2.05) is 38.1 Å². The van der Waals surface area contributed by atoms with Crippen molar-refractivity contribution in [3.63, 3.8) is 0 Å². The number of benzene rings is 1. The van der Waals surface area contributed by atoms with E-state index in [2.05, 4.69) is 10.3 Å². The molecule has 0 aliphatic heterocycles. The molecular formula is C16H16Cl2N2O2. The molecule has 2 rings (SSSR count). The normalized spacial score (nSPS) is 11.8. The molecule has 0 saturated heterocycles. The van der Waals surface area contributed by atoms with Gasteiger partial charge in [-0.15, -0.1) is 0 Å². The van der Waals surface area contributed by atoms with E-state index in [0.29, 0.717) is 12.2 Å². The minimum Gasteiger partial charge on any atom is -0.494 e. The van der Waals surface area contributed by atoms with Gasteiger partial charge in [0.2, 0.25) is 0 Å². The van der Waals surface area contributed by atoms with Crippen LogP contribution in [0.5, 0.6) is 5.75 Å². The maximum atomic E-state index is 12.2. The Morgan fingerprint density at radius 3 is 2.59 bits per heavy atom. The van der Waals surface area contributed by atoms with Crippen molar-refractivity contribution in [1.29, 1.82) is 0 Å². The van der Waals surface area contributed by atoms with E-state index in [9.17, 15) is 4.79 Å². The van der Waals surface area contributed by atoms with Crippen molar-refractivity contribution in [3.8, 4) is 5.75 Å². The predicted molar refractivity (Wildman–Crippen MR) is 87.7 cm³/mol. The van der Waals surface area contributed by atoms with E-state index in [0.717, 1.165) is 11.3 Å². The molecule has 1 amide bonds. The van der Waals surface area contributed by atoms with Gasteiger partial charge in [-0.2, -0.15) is 0 Å². The average molecular weight is 339 g/mol. The van der Waals surface area contributed by atoms with Gasteiger partial charge in [-0.05, 0) is 37.6 Å². The first-order chi connectivity index (χ1) is 10.5. The third-order valence-corrected chi connectivity index (χ3v) is 3.78. The molecule has 2 aromatic rings. The summed E-state index contributed by atoms with van der Waals surface area (Å²) in [6, 6.07) is 8.94. The van der Waals surface area contributed by atoms with Crippen LogP contribution in [0.4, 0.5) is 0 Å². The molecular weight excluding hydrogens is 323 g/mol. The molecule has 1 atom stereocenters. The van der Waals surface area contributed by atoms with Gasteiger partial charge in [-0.25, -0.2) is 4.98 Å². The summed E-state index contributed by atoms with van der Waals surface area (Å²) in [4.78, 5) is 16.1. The van der Waals surface area contributed by atoms with Gasteiger partial charge in [0.1, 0.15) is 10.9 Å². The van der Waals surface area contributed by atoms with E-state index in [1.54, 1.807) is 0 Å². The maximum absolute atomic E-state index is 12.2. The van der Waals surface area contributed by atoms with Gasteiger partial charge in [-0.1, -0.05) is 35.3 Å². The molecule has 1 N–H and O–H groups in total. The fourth-order valence-electron chi connectivity index (χ4n) is 1.93. The van der Waals surface area contributed by atoms with Gasteiger partial charge in [-0.3, -0.25) is 4.79 Å². The van der Waals surface area contributed by atoms with E-state index in [1.165, 1.54) is 12.3 Å². The first kappa shape index (κ1) is 16.6. The van der Waals surface area contributed by atoms with Crippen LogP contribution in [0, 0.1) is 0 Å². The van der Waals surface area contributed by atoms with Crippen LogP contribution in [0.3, 0.4) is 0 Å². The van der Waals surface area contributed by atoms with Gasteiger partial charge < -0.3 is 10.1 Å². The number of carbonyl (C=O) groups excluding carboxylic acids is 1. The van der Waals surface area contributed by atoms with E-state index >= 15 is 0 Å². The van der Waals surface area contributed by atoms with Crippen LogP contribution < -0.4 is 10.1 Å². The van der Waals surface area contributed by atoms with Crippen molar-refractivity contribution in [3.05, 3.63) is 57.8 Å². The van der Waals surface area contributed by atoms with Crippen molar-refractivity contribution >= 4 is 29.1 Å². The van der Waals surface area contributed by atoms with Crippen LogP contribution in [0.2, 0.25) is 10.2 Å². The highest BCUT2D eigenvalue weighted by Crippen LogP contribution is 2.21. The number of amides is 1. The molecule has 0 bridgehead atoms. The van der Waals surface area contributed by atoms with Crippen LogP contribution in [0.1, 0.15) is 35.8 Å². The summed E-state index contributed by atoms with van der Waals surface area (Å²) < 4.78 is 5.39. The molecule has 1 unspecified atom stereocenters. The SMILES string of the molecule is CCOc1ccc(C(C)NC(=O)c2cnc(Cl)c(Cl)c2)cc1. The molecule has 0 aliphatic rings. The van der Waals surface area contributed by atoms with Crippen molar-refractivity contribution in [1.82, 2.24) is 10.3 Å². The number of ether oxygens (including phenoxy) is 1. The highest BCUT2D eigenvalue weighted by atomic mass is 35.5. The zero-order chi connectivity index (χ0) is 16.1. The van der Waals surface area contributed by atoms with E-state index in [-0.39, 0.29) is 22.1 Å². The quantitative estimate of drug-likeness (QED) is 0.828. The molecule has 1 aromatic carbocycles. The lowest BCUT2D eigenvalue weighted by molar-refractivity contribution is 0.0939. The number of nitrogens with one attached hydrogen (secondary N) is 1. The van der Waals surface area contributed by atoms with Crippen molar-refractivity contribution in [2.75, 3.05) is 6.61 Å². The smallest absolute Gasteiger partial charge is 0.253 e. The van der Waals surface area contributed by atoms with Crippen LogP contribution in [-0.4, -0.2) is 17.5 Å². The molecule has 6 heteroatoms. The van der Waals surface area contributed by atoms with Crippen molar-refractivity contribution in [2.24, 2.45) is 0 Å². The Labute approximate surface area is 139 Å². The third-order valence-electron chi connectivity index (χ3n) is 3.10. The monoisotopic (exact) mass is 338 g/mol. The Bertz CT molecular complexity index is 660. The lowest BCUT2D eigenvalue weighted by Gasteiger charge is -2.15. The predicted octanol–water partition coefficient (Wildman–Crippen LogP) is 4.28. The topological polar surface area (TPSA) is 51.2 Å². The van der Waals surface area contributed by atoms with E-state index < -0.39 is 0 Å². The second kappa shape index (κ2) is 7.47. The van der Waals surface area contributed by atoms with Crippen LogP contribution in [0.15, 0.2) is 36.5 Å². The van der Waals surface area contributed by atoms with Crippen molar-refractivity contribution < 1.29 is 9.53 Å². The molecule has 1 heterocycles. The zero-order valence-corrected chi connectivity index (χ0v) is 13.8. The Morgan fingerprint density at radius 1 is 1.32 bits per heavy atom. The lowest BCUT2D eigenvalue weighted by atomic mass is 10.1. The number of hydrogen-bond donors (Lipinski definition) is 1. The number of aromatic nitrogens is 1. The minimum absolute atomic E-state index is 0.155. The number of rotatable bonds is 5. The highest BCUT2D eigenvalue weighted by Gasteiger charge is 2.13. The number of pyridine rings is 1. The number of halogens is 2. The van der Waals surface area contributed by atoms with Gasteiger partial charge in [0.05, 0.1) is 23.2 Å². The molecule has 0 radical (unpaired) electrons. The van der Waals surface area contributed by atoms with E-state index in [4.69, 9.17) is 27.9 Å². The summed E-state index contributed by atoms with van der Waals surface area (Å²) in [7, 11) is 0. The summed E-state index contributed by atoms with van der Waals surface area (Å²) in [5.41, 5.74) is 1.34. The molecule has 1 aromatic heterocycles. The molecule has 22 heavy (non-hydrogen) atoms. The number of nitrogens with zero attached hydrogens (tertiary/aromatic N) is 1. The summed E-state index contributed by atoms with van der Waals surface area (Å²) >= 11 is 11.6. The maximum Gasteiger partial charge on any atom is 0.253 e. The Morgan fingerprint density at radius 2 is 2.00 bits per heavy atom. The third kappa shape index (κ3) is 4.12. The number of hydrogen-bond acceptors (Lipinski definition) is 3. The van der Waals surface area contributed by atoms with Gasteiger partial charge >= 0.3 is 0 Å². The second-order valence-corrected chi connectivity index (χ2v) is 5.46. The molecule has 0 fully saturated rings. The summed E-state index contributed by atoms with van der Waals surface area (Å²) in [5.74, 6) is 0.547. The van der Waals surface area contributed by atoms with Crippen LogP contribution in [0.25, 0.3) is 0 Å². The van der Waals surface area contributed by atoms with Gasteiger partial charge in [0.25, 0.3) is 5.91 Å². The fourth-order valence-corrected chi connectivity index (χ4v) is 2.20. The summed E-state index contributed by atoms with van der Waals surface area (Å²) in [6.07, 6.45) is 1.40. The first-order valence-corrected chi connectivity index (χ1v) is 7.61. The summed E-state index contributed by atoms with van der Waals surface area (Å²) in [5, 5.41) is 3.32. The standard InChI is InChI=1S/C16H16Cl2N2O2/c1-3-22-13-6-4-11(5-7-13)10(2)20-16(21)12-8-14(17)15(18)19-9-12/h4-10H,3H2,1-2H3,(H,20,21). The van der Waals surface area contributed by atoms with Gasteiger partial charge in [0.15, 0.2) is 0 Å². The Kier molecular flexibility index (Phi) is 5.63. The molecule has 0 spiro atoms. The Balaban J connectivity index is 2.05. The molecule has 0 saturated carbocycles. The Hall–Kier alpha value is -1.78. The molecule has 116 valence electrons. The minimum atomic E-state index is -0.257. The first-order valence-electron chi connectivity index (χ1n) is 6.86. The highest BCUT2D eigenvalue weighted by molar-refractivity contribution is 6.41. The molecule has 0 aliphatic carbocycles. The average Bonchev–Trinajstić information content (AvgIpc) is 2.51. The summed E-state index contributed by atoms with van der Waals surface area (Å²) in [6.45, 7) is 4.45. The van der Waals surface area contributed by atoms with Crippen LogP contribution >= 0.6 is 23.2 Å². The second-order valence-electron chi connectivity index (χ2n) is 4.69. The van der Waals surface area contributed by atoms with Crippen LogP contribution in [-0.2, 0) is 0 Å². The van der Waals surface area contributed by atoms with Crippen molar-refractivity contribution in [2.45, 2.75) is 19.9 Å². The fraction of sp³-hybridized carbons (Fsp3) is 0.250. The lowest BCUT2D eigenvalue weighted by Crippen LogP contribution is -2.26.